The Hall–Kier alpha value is -0.0400. The minimum atomic E-state index is 0.569. The van der Waals surface area contributed by atoms with Gasteiger partial charge in [0.15, 0.2) is 0 Å². The summed E-state index contributed by atoms with van der Waals surface area (Å²) in [6.07, 6.45) is 4.31. The van der Waals surface area contributed by atoms with Gasteiger partial charge in [-0.15, -0.1) is 0 Å². The lowest BCUT2D eigenvalue weighted by Crippen LogP contribution is -2.40. The third kappa shape index (κ3) is 0.868. The largest absolute Gasteiger partial charge is 0.301 e. The van der Waals surface area contributed by atoms with Crippen LogP contribution in [0.4, 0.5) is 0 Å². The van der Waals surface area contributed by atoms with Crippen LogP contribution < -0.4 is 0 Å². The van der Waals surface area contributed by atoms with Crippen LogP contribution in [0, 0.1) is 11.8 Å². The van der Waals surface area contributed by atoms with Crippen molar-refractivity contribution in [2.24, 2.45) is 11.8 Å². The predicted octanol–water partition coefficient (Wildman–Crippen LogP) is 2.13. The Kier molecular flexibility index (Phi) is 1.54. The van der Waals surface area contributed by atoms with Gasteiger partial charge in [0.25, 0.3) is 0 Å². The van der Waals surface area contributed by atoms with Gasteiger partial charge in [-0.2, -0.15) is 0 Å². The highest BCUT2D eigenvalue weighted by molar-refractivity contribution is 5.03. The Morgan fingerprint density at radius 2 is 2.09 bits per heavy atom. The van der Waals surface area contributed by atoms with E-state index in [0.29, 0.717) is 5.54 Å². The second-order valence-electron chi connectivity index (χ2n) is 4.69. The molecule has 2 aliphatic rings. The maximum atomic E-state index is 2.57. The molecule has 0 radical (unpaired) electrons. The molecule has 0 aromatic heterocycles. The van der Waals surface area contributed by atoms with Crippen molar-refractivity contribution in [3.63, 3.8) is 0 Å². The van der Waals surface area contributed by atoms with Crippen LogP contribution in [0.5, 0.6) is 0 Å². The van der Waals surface area contributed by atoms with Gasteiger partial charge in [-0.1, -0.05) is 6.92 Å². The molecule has 1 heteroatoms. The van der Waals surface area contributed by atoms with E-state index >= 15 is 0 Å². The second-order valence-corrected chi connectivity index (χ2v) is 4.69. The number of likely N-dealkylation sites (tertiary alicyclic amines) is 1. The molecule has 3 unspecified atom stereocenters. The molecule has 0 aromatic carbocycles. The third-order valence-corrected chi connectivity index (χ3v) is 4.24. The van der Waals surface area contributed by atoms with Crippen LogP contribution in [0.3, 0.4) is 0 Å². The molecular weight excluding hydrogens is 134 g/mol. The van der Waals surface area contributed by atoms with Crippen LogP contribution in [0.2, 0.25) is 0 Å². The molecule has 64 valence electrons. The summed E-state index contributed by atoms with van der Waals surface area (Å²) >= 11 is 0. The fraction of sp³-hybridized carbons (Fsp3) is 1.00. The minimum absolute atomic E-state index is 0.569. The van der Waals surface area contributed by atoms with Gasteiger partial charge in [0.1, 0.15) is 0 Å². The number of nitrogens with zero attached hydrogens (tertiary/aromatic N) is 1. The summed E-state index contributed by atoms with van der Waals surface area (Å²) in [5, 5.41) is 0. The standard InChI is InChI=1S/C10H19N/c1-8-4-6-10(2)9(8)5-7-11(10)3/h8-9H,4-7H2,1-3H3. The van der Waals surface area contributed by atoms with Crippen LogP contribution in [0.25, 0.3) is 0 Å². The second kappa shape index (κ2) is 2.22. The first-order valence-corrected chi connectivity index (χ1v) is 4.86. The van der Waals surface area contributed by atoms with Crippen molar-refractivity contribution < 1.29 is 0 Å². The molecule has 0 aromatic rings. The maximum absolute atomic E-state index is 2.57. The normalized spacial score (nSPS) is 51.5. The van der Waals surface area contributed by atoms with Crippen molar-refractivity contribution in [2.75, 3.05) is 13.6 Å². The quantitative estimate of drug-likeness (QED) is 0.515. The van der Waals surface area contributed by atoms with Crippen LogP contribution in [-0.4, -0.2) is 24.0 Å². The van der Waals surface area contributed by atoms with Gasteiger partial charge in [0, 0.05) is 5.54 Å². The molecule has 0 amide bonds. The Balaban J connectivity index is 2.23. The average molecular weight is 153 g/mol. The molecule has 1 aliphatic carbocycles. The maximum Gasteiger partial charge on any atom is 0.0209 e. The van der Waals surface area contributed by atoms with Gasteiger partial charge in [-0.3, -0.25) is 0 Å². The summed E-state index contributed by atoms with van der Waals surface area (Å²) in [6.45, 7) is 6.20. The number of fused-ring (bicyclic) bond motifs is 1. The summed E-state index contributed by atoms with van der Waals surface area (Å²) in [7, 11) is 2.29. The van der Waals surface area contributed by atoms with E-state index < -0.39 is 0 Å². The van der Waals surface area contributed by atoms with E-state index in [1.54, 1.807) is 0 Å². The molecule has 1 aliphatic heterocycles. The summed E-state index contributed by atoms with van der Waals surface area (Å²) < 4.78 is 0. The highest BCUT2D eigenvalue weighted by Gasteiger charge is 2.49. The van der Waals surface area contributed by atoms with E-state index in [0.717, 1.165) is 11.8 Å². The first-order chi connectivity index (χ1) is 5.14. The molecule has 0 spiro atoms. The fourth-order valence-corrected chi connectivity index (χ4v) is 3.18. The van der Waals surface area contributed by atoms with Crippen molar-refractivity contribution in [3.05, 3.63) is 0 Å². The topological polar surface area (TPSA) is 3.24 Å². The van der Waals surface area contributed by atoms with Gasteiger partial charge in [-0.05, 0) is 51.6 Å². The Labute approximate surface area is 69.8 Å². The first kappa shape index (κ1) is 7.60. The average Bonchev–Trinajstić information content (AvgIpc) is 2.39. The van der Waals surface area contributed by atoms with Gasteiger partial charge in [0.2, 0.25) is 0 Å². The van der Waals surface area contributed by atoms with E-state index in [1.807, 2.05) is 0 Å². The zero-order valence-corrected chi connectivity index (χ0v) is 7.93. The van der Waals surface area contributed by atoms with E-state index in [2.05, 4.69) is 25.8 Å². The minimum Gasteiger partial charge on any atom is -0.301 e. The smallest absolute Gasteiger partial charge is 0.0209 e. The number of rotatable bonds is 0. The zero-order chi connectivity index (χ0) is 8.06. The molecule has 1 nitrogen and oxygen atoms in total. The van der Waals surface area contributed by atoms with Crippen LogP contribution in [0.1, 0.15) is 33.1 Å². The molecule has 11 heavy (non-hydrogen) atoms. The molecule has 2 fully saturated rings. The van der Waals surface area contributed by atoms with E-state index in [9.17, 15) is 0 Å². The molecular formula is C10H19N. The van der Waals surface area contributed by atoms with Gasteiger partial charge in [-0.25, -0.2) is 0 Å². The van der Waals surface area contributed by atoms with Gasteiger partial charge >= 0.3 is 0 Å². The van der Waals surface area contributed by atoms with Crippen LogP contribution in [0.15, 0.2) is 0 Å². The highest BCUT2D eigenvalue weighted by Crippen LogP contribution is 2.48. The van der Waals surface area contributed by atoms with E-state index in [4.69, 9.17) is 0 Å². The van der Waals surface area contributed by atoms with Crippen molar-refractivity contribution in [1.29, 1.82) is 0 Å². The number of hydrogen-bond acceptors (Lipinski definition) is 1. The van der Waals surface area contributed by atoms with Gasteiger partial charge < -0.3 is 4.90 Å². The van der Waals surface area contributed by atoms with Crippen molar-refractivity contribution >= 4 is 0 Å². The summed E-state index contributed by atoms with van der Waals surface area (Å²) in [5.41, 5.74) is 0.569. The SMILES string of the molecule is CC1CCC2(C)C1CCN2C. The third-order valence-electron chi connectivity index (χ3n) is 4.24. The summed E-state index contributed by atoms with van der Waals surface area (Å²) in [6, 6.07) is 0. The lowest BCUT2D eigenvalue weighted by Gasteiger charge is -2.32. The van der Waals surface area contributed by atoms with Crippen molar-refractivity contribution in [2.45, 2.75) is 38.6 Å². The molecule has 1 heterocycles. The fourth-order valence-electron chi connectivity index (χ4n) is 3.18. The molecule has 3 atom stereocenters. The van der Waals surface area contributed by atoms with Crippen molar-refractivity contribution in [1.82, 2.24) is 4.90 Å². The molecule has 1 saturated carbocycles. The predicted molar refractivity (Wildman–Crippen MR) is 47.5 cm³/mol. The van der Waals surface area contributed by atoms with Gasteiger partial charge in [0.05, 0.1) is 0 Å². The zero-order valence-electron chi connectivity index (χ0n) is 7.93. The highest BCUT2D eigenvalue weighted by atomic mass is 15.2. The number of hydrogen-bond donors (Lipinski definition) is 0. The lowest BCUT2D eigenvalue weighted by molar-refractivity contribution is 0.165. The monoisotopic (exact) mass is 153 g/mol. The summed E-state index contributed by atoms with van der Waals surface area (Å²) in [4.78, 5) is 2.57. The van der Waals surface area contributed by atoms with Crippen molar-refractivity contribution in [3.8, 4) is 0 Å². The Morgan fingerprint density at radius 1 is 1.36 bits per heavy atom. The Morgan fingerprint density at radius 3 is 2.73 bits per heavy atom. The molecule has 0 bridgehead atoms. The molecule has 1 saturated heterocycles. The molecule has 0 N–H and O–H groups in total. The van der Waals surface area contributed by atoms with E-state index in [1.165, 1.54) is 25.8 Å². The molecule has 2 rings (SSSR count). The first-order valence-electron chi connectivity index (χ1n) is 4.86. The Bertz CT molecular complexity index is 166. The van der Waals surface area contributed by atoms with Crippen LogP contribution >= 0.6 is 0 Å². The van der Waals surface area contributed by atoms with E-state index in [-0.39, 0.29) is 0 Å². The lowest BCUT2D eigenvalue weighted by atomic mass is 9.86. The van der Waals surface area contributed by atoms with Crippen LogP contribution in [-0.2, 0) is 0 Å². The summed E-state index contributed by atoms with van der Waals surface area (Å²) in [5.74, 6) is 1.97.